The zero-order valence-corrected chi connectivity index (χ0v) is 14.7. The molecule has 0 atom stereocenters. The predicted octanol–water partition coefficient (Wildman–Crippen LogP) is 4.25. The second-order valence-electron chi connectivity index (χ2n) is 6.82. The lowest BCUT2D eigenvalue weighted by molar-refractivity contribution is -0.384. The molecule has 0 aliphatic heterocycles. The van der Waals surface area contributed by atoms with Crippen LogP contribution in [0.2, 0.25) is 0 Å². The minimum atomic E-state index is -0.440. The second kappa shape index (κ2) is 7.85. The van der Waals surface area contributed by atoms with Crippen molar-refractivity contribution in [3.8, 4) is 0 Å². The SMILES string of the molecule is CC(C)(C)NC/C(=C\c1ccc([N+](=O)[O-])cc1)C(=O)c1ccccc1. The Kier molecular flexibility index (Phi) is 5.83. The third-order valence-electron chi connectivity index (χ3n) is 3.58. The van der Waals surface area contributed by atoms with Crippen molar-refractivity contribution < 1.29 is 9.72 Å². The fourth-order valence-electron chi connectivity index (χ4n) is 2.23. The number of nitrogens with one attached hydrogen (secondary N) is 1. The molecule has 0 aromatic heterocycles. The number of non-ortho nitro benzene ring substituents is 1. The number of hydrogen-bond acceptors (Lipinski definition) is 4. The summed E-state index contributed by atoms with van der Waals surface area (Å²) in [5.41, 5.74) is 1.87. The van der Waals surface area contributed by atoms with Crippen LogP contribution >= 0.6 is 0 Å². The summed E-state index contributed by atoms with van der Waals surface area (Å²) in [6.45, 7) is 6.50. The van der Waals surface area contributed by atoms with Crippen molar-refractivity contribution in [2.24, 2.45) is 0 Å². The maximum absolute atomic E-state index is 12.8. The molecule has 25 heavy (non-hydrogen) atoms. The molecule has 2 aromatic rings. The van der Waals surface area contributed by atoms with Crippen LogP contribution in [0.25, 0.3) is 6.08 Å². The topological polar surface area (TPSA) is 72.2 Å². The Balaban J connectivity index is 2.32. The van der Waals surface area contributed by atoms with Crippen LogP contribution in [0.5, 0.6) is 0 Å². The van der Waals surface area contributed by atoms with Crippen LogP contribution in [0.4, 0.5) is 5.69 Å². The number of nitro groups is 1. The number of ketones is 1. The van der Waals surface area contributed by atoms with Gasteiger partial charge in [-0.05, 0) is 44.5 Å². The predicted molar refractivity (Wildman–Crippen MR) is 99.6 cm³/mol. The van der Waals surface area contributed by atoms with Gasteiger partial charge >= 0.3 is 0 Å². The number of hydrogen-bond donors (Lipinski definition) is 1. The molecule has 0 heterocycles. The van der Waals surface area contributed by atoms with Crippen LogP contribution in [0, 0.1) is 10.1 Å². The molecule has 2 aromatic carbocycles. The van der Waals surface area contributed by atoms with Crippen molar-refractivity contribution in [2.75, 3.05) is 6.54 Å². The normalized spacial score (nSPS) is 12.0. The summed E-state index contributed by atoms with van der Waals surface area (Å²) in [6.07, 6.45) is 1.78. The molecule has 0 saturated carbocycles. The average molecular weight is 338 g/mol. The zero-order chi connectivity index (χ0) is 18.4. The molecule has 5 nitrogen and oxygen atoms in total. The van der Waals surface area contributed by atoms with E-state index in [1.54, 1.807) is 30.3 Å². The van der Waals surface area contributed by atoms with Crippen molar-refractivity contribution >= 4 is 17.5 Å². The second-order valence-corrected chi connectivity index (χ2v) is 6.82. The van der Waals surface area contributed by atoms with Gasteiger partial charge in [-0.25, -0.2) is 0 Å². The van der Waals surface area contributed by atoms with Crippen LogP contribution in [-0.4, -0.2) is 22.8 Å². The third-order valence-corrected chi connectivity index (χ3v) is 3.58. The highest BCUT2D eigenvalue weighted by molar-refractivity contribution is 6.11. The van der Waals surface area contributed by atoms with E-state index in [2.05, 4.69) is 5.32 Å². The molecule has 0 aliphatic carbocycles. The number of benzene rings is 2. The fraction of sp³-hybridized carbons (Fsp3) is 0.250. The van der Waals surface area contributed by atoms with Crippen molar-refractivity contribution in [2.45, 2.75) is 26.3 Å². The van der Waals surface area contributed by atoms with Gasteiger partial charge in [0.25, 0.3) is 5.69 Å². The van der Waals surface area contributed by atoms with E-state index in [-0.39, 0.29) is 17.0 Å². The van der Waals surface area contributed by atoms with E-state index < -0.39 is 4.92 Å². The van der Waals surface area contributed by atoms with Gasteiger partial charge < -0.3 is 5.32 Å². The number of Topliss-reactive ketones (excluding diaryl/α,β-unsaturated/α-hetero) is 1. The van der Waals surface area contributed by atoms with E-state index in [4.69, 9.17) is 0 Å². The summed E-state index contributed by atoms with van der Waals surface area (Å²) in [5.74, 6) is -0.0595. The number of carbonyl (C=O) groups excluding carboxylic acids is 1. The number of rotatable bonds is 6. The molecule has 0 unspecified atom stereocenters. The maximum Gasteiger partial charge on any atom is 0.269 e. The summed E-state index contributed by atoms with van der Waals surface area (Å²) in [7, 11) is 0. The molecule has 0 aliphatic rings. The Hall–Kier alpha value is -2.79. The highest BCUT2D eigenvalue weighted by atomic mass is 16.6. The molecule has 0 radical (unpaired) electrons. The molecule has 0 spiro atoms. The Labute approximate surface area is 147 Å². The lowest BCUT2D eigenvalue weighted by Crippen LogP contribution is -2.38. The Morgan fingerprint density at radius 1 is 1.08 bits per heavy atom. The third kappa shape index (κ3) is 5.65. The Morgan fingerprint density at radius 3 is 2.20 bits per heavy atom. The summed E-state index contributed by atoms with van der Waals surface area (Å²) >= 11 is 0. The van der Waals surface area contributed by atoms with Crippen molar-refractivity contribution in [3.63, 3.8) is 0 Å². The summed E-state index contributed by atoms with van der Waals surface area (Å²) < 4.78 is 0. The maximum atomic E-state index is 12.8. The van der Waals surface area contributed by atoms with Gasteiger partial charge in [-0.2, -0.15) is 0 Å². The first kappa shape index (κ1) is 18.5. The molecule has 2 rings (SSSR count). The van der Waals surface area contributed by atoms with Gasteiger partial charge in [0.1, 0.15) is 0 Å². The van der Waals surface area contributed by atoms with E-state index in [0.29, 0.717) is 17.7 Å². The number of nitrogens with zero attached hydrogens (tertiary/aromatic N) is 1. The van der Waals surface area contributed by atoms with Crippen LogP contribution in [0.15, 0.2) is 60.2 Å². The number of carbonyl (C=O) groups is 1. The van der Waals surface area contributed by atoms with E-state index in [1.165, 1.54) is 12.1 Å². The standard InChI is InChI=1S/C20H22N2O3/c1-20(2,3)21-14-17(19(23)16-7-5-4-6-8-16)13-15-9-11-18(12-10-15)22(24)25/h4-13,21H,14H2,1-3H3/b17-13+. The zero-order valence-electron chi connectivity index (χ0n) is 14.7. The molecule has 0 amide bonds. The van der Waals surface area contributed by atoms with Gasteiger partial charge in [-0.15, -0.1) is 0 Å². The van der Waals surface area contributed by atoms with Crippen LogP contribution in [-0.2, 0) is 0 Å². The first-order valence-electron chi connectivity index (χ1n) is 8.06. The largest absolute Gasteiger partial charge is 0.308 e. The van der Waals surface area contributed by atoms with Gasteiger partial charge in [0.2, 0.25) is 0 Å². The molecule has 0 bridgehead atoms. The average Bonchev–Trinajstić information content (AvgIpc) is 2.58. The van der Waals surface area contributed by atoms with E-state index >= 15 is 0 Å². The Bertz CT molecular complexity index is 773. The lowest BCUT2D eigenvalue weighted by Gasteiger charge is -2.21. The molecular formula is C20H22N2O3. The van der Waals surface area contributed by atoms with Crippen LogP contribution in [0.3, 0.4) is 0 Å². The van der Waals surface area contributed by atoms with Gasteiger partial charge in [-0.1, -0.05) is 30.3 Å². The smallest absolute Gasteiger partial charge is 0.269 e. The van der Waals surface area contributed by atoms with E-state index in [0.717, 1.165) is 5.56 Å². The Morgan fingerprint density at radius 2 is 1.68 bits per heavy atom. The van der Waals surface area contributed by atoms with Gasteiger partial charge in [0, 0.05) is 35.4 Å². The fourth-order valence-corrected chi connectivity index (χ4v) is 2.23. The molecular weight excluding hydrogens is 316 g/mol. The molecule has 0 fully saturated rings. The molecule has 1 N–H and O–H groups in total. The molecule has 5 heteroatoms. The van der Waals surface area contributed by atoms with Crippen LogP contribution < -0.4 is 5.32 Å². The molecule has 0 saturated heterocycles. The first-order valence-corrected chi connectivity index (χ1v) is 8.06. The van der Waals surface area contributed by atoms with Crippen molar-refractivity contribution in [1.29, 1.82) is 0 Å². The van der Waals surface area contributed by atoms with Crippen molar-refractivity contribution in [3.05, 3.63) is 81.4 Å². The highest BCUT2D eigenvalue weighted by Gasteiger charge is 2.16. The monoisotopic (exact) mass is 338 g/mol. The molecule has 130 valence electrons. The van der Waals surface area contributed by atoms with E-state index in [9.17, 15) is 14.9 Å². The van der Waals surface area contributed by atoms with Crippen LogP contribution in [0.1, 0.15) is 36.7 Å². The highest BCUT2D eigenvalue weighted by Crippen LogP contribution is 2.17. The lowest BCUT2D eigenvalue weighted by atomic mass is 9.99. The first-order chi connectivity index (χ1) is 11.8. The van der Waals surface area contributed by atoms with E-state index in [1.807, 2.05) is 39.0 Å². The quantitative estimate of drug-likeness (QED) is 0.370. The summed E-state index contributed by atoms with van der Waals surface area (Å²) in [5, 5.41) is 14.1. The van der Waals surface area contributed by atoms with Crippen molar-refractivity contribution in [1.82, 2.24) is 5.32 Å². The summed E-state index contributed by atoms with van der Waals surface area (Å²) in [4.78, 5) is 23.2. The number of nitro benzene ring substituents is 1. The minimum absolute atomic E-state index is 0.0286. The minimum Gasteiger partial charge on any atom is -0.308 e. The van der Waals surface area contributed by atoms with Gasteiger partial charge in [0.05, 0.1) is 4.92 Å². The summed E-state index contributed by atoms with van der Waals surface area (Å²) in [6, 6.07) is 15.3. The van der Waals surface area contributed by atoms with Gasteiger partial charge in [-0.3, -0.25) is 14.9 Å². The van der Waals surface area contributed by atoms with Gasteiger partial charge in [0.15, 0.2) is 5.78 Å².